The summed E-state index contributed by atoms with van der Waals surface area (Å²) in [6.45, 7) is 13.2. The van der Waals surface area contributed by atoms with E-state index in [0.29, 0.717) is 6.61 Å². The number of esters is 1. The van der Waals surface area contributed by atoms with Gasteiger partial charge in [-0.2, -0.15) is 0 Å². The molecule has 2 fully saturated rings. The van der Waals surface area contributed by atoms with Crippen LogP contribution in [0.1, 0.15) is 41.0 Å². The summed E-state index contributed by atoms with van der Waals surface area (Å²) in [5, 5.41) is 10.6. The summed E-state index contributed by atoms with van der Waals surface area (Å²) in [5.74, 6) is -2.09. The van der Waals surface area contributed by atoms with Crippen LogP contribution in [-0.2, 0) is 28.5 Å². The lowest BCUT2D eigenvalue weighted by Gasteiger charge is -2.26. The molecule has 0 aliphatic carbocycles. The Labute approximate surface area is 142 Å². The molecule has 0 radical (unpaired) electrons. The lowest BCUT2D eigenvalue weighted by Crippen LogP contribution is -2.44. The molecule has 0 spiro atoms. The molecule has 2 heterocycles. The van der Waals surface area contributed by atoms with Crippen molar-refractivity contribution in [3.8, 4) is 0 Å². The summed E-state index contributed by atoms with van der Waals surface area (Å²) >= 11 is 0. The molecule has 0 aromatic carbocycles. The van der Waals surface area contributed by atoms with E-state index in [1.54, 1.807) is 20.8 Å². The minimum atomic E-state index is -0.971. The van der Waals surface area contributed by atoms with Crippen molar-refractivity contribution in [3.05, 3.63) is 12.2 Å². The fourth-order valence-electron chi connectivity index (χ4n) is 2.96. The van der Waals surface area contributed by atoms with Crippen LogP contribution >= 0.6 is 0 Å². The quantitative estimate of drug-likeness (QED) is 0.578. The van der Waals surface area contributed by atoms with Crippen LogP contribution in [0.15, 0.2) is 12.2 Å². The highest BCUT2D eigenvalue weighted by Crippen LogP contribution is 2.37. The minimum Gasteiger partial charge on any atom is -0.463 e. The maximum Gasteiger partial charge on any atom is 0.333 e. The van der Waals surface area contributed by atoms with Crippen molar-refractivity contribution in [1.82, 2.24) is 0 Å². The molecular weight excluding hydrogens is 316 g/mol. The van der Waals surface area contributed by atoms with Crippen LogP contribution < -0.4 is 0 Å². The van der Waals surface area contributed by atoms with Gasteiger partial charge in [-0.25, -0.2) is 4.79 Å². The zero-order chi connectivity index (χ0) is 18.1. The van der Waals surface area contributed by atoms with Gasteiger partial charge in [-0.1, -0.05) is 6.58 Å². The molecule has 0 bridgehead atoms. The fraction of sp³-hybridized carbons (Fsp3) is 0.824. The first kappa shape index (κ1) is 19.3. The van der Waals surface area contributed by atoms with Crippen LogP contribution in [0.3, 0.4) is 0 Å². The normalized spacial score (nSPS) is 32.5. The molecule has 24 heavy (non-hydrogen) atoms. The van der Waals surface area contributed by atoms with Gasteiger partial charge in [0.1, 0.15) is 18.3 Å². The Kier molecular flexibility index (Phi) is 5.71. The van der Waals surface area contributed by atoms with E-state index in [1.165, 1.54) is 0 Å². The van der Waals surface area contributed by atoms with Gasteiger partial charge in [-0.05, 0) is 34.6 Å². The van der Waals surface area contributed by atoms with Crippen LogP contribution in [0.25, 0.3) is 0 Å². The predicted molar refractivity (Wildman–Crippen MR) is 85.1 cm³/mol. The molecule has 2 aliphatic heterocycles. The topological polar surface area (TPSA) is 83.5 Å². The summed E-state index contributed by atoms with van der Waals surface area (Å²) in [6.07, 6.45) is -2.46. The van der Waals surface area contributed by atoms with E-state index in [2.05, 4.69) is 6.58 Å². The zero-order valence-electron chi connectivity index (χ0n) is 15.0. The van der Waals surface area contributed by atoms with Gasteiger partial charge in [0.2, 0.25) is 0 Å². The monoisotopic (exact) mass is 344 g/mol. The number of hydrogen-bond acceptors (Lipinski definition) is 7. The number of hydrogen-bond donors (Lipinski definition) is 1. The van der Waals surface area contributed by atoms with Gasteiger partial charge in [-0.15, -0.1) is 0 Å². The predicted octanol–water partition coefficient (Wildman–Crippen LogP) is 1.53. The van der Waals surface area contributed by atoms with E-state index in [1.807, 2.05) is 13.8 Å². The molecule has 7 nitrogen and oxygen atoms in total. The zero-order valence-corrected chi connectivity index (χ0v) is 15.0. The summed E-state index contributed by atoms with van der Waals surface area (Å²) < 4.78 is 28.1. The summed E-state index contributed by atoms with van der Waals surface area (Å²) in [5.41, 5.74) is 0.195. The van der Waals surface area contributed by atoms with Gasteiger partial charge in [-0.3, -0.25) is 0 Å². The van der Waals surface area contributed by atoms with Gasteiger partial charge in [0, 0.05) is 12.0 Å². The Morgan fingerprint density at radius 1 is 1.25 bits per heavy atom. The third-order valence-electron chi connectivity index (χ3n) is 3.96. The molecular formula is C17H28O7. The first-order valence-electron chi connectivity index (χ1n) is 8.25. The first-order valence-corrected chi connectivity index (χ1v) is 8.25. The van der Waals surface area contributed by atoms with Crippen molar-refractivity contribution in [2.45, 2.75) is 77.0 Å². The molecule has 2 aliphatic rings. The highest BCUT2D eigenvalue weighted by atomic mass is 16.8. The SMILES string of the molecule is C=C(CC(O)[C@H]1OC(C)(C)O[C@@H]1[C@H]1COC(C)(C)O1)C(=O)OCC. The standard InChI is InChI=1S/C17H28O7/c1-7-20-15(19)10(2)8-11(18)13-14(24-17(5,6)23-13)12-9-21-16(3,4)22-12/h11-14,18H,2,7-9H2,1,3-6H3/t11?,12-,13-,14-/m1/s1. The number of carbonyl (C=O) groups is 1. The van der Waals surface area contributed by atoms with Crippen LogP contribution in [0, 0.1) is 0 Å². The number of aliphatic hydroxyl groups excluding tert-OH is 1. The second-order valence-corrected chi connectivity index (χ2v) is 7.03. The molecule has 1 unspecified atom stereocenters. The van der Waals surface area contributed by atoms with E-state index in [0.717, 1.165) is 0 Å². The summed E-state index contributed by atoms with van der Waals surface area (Å²) in [4.78, 5) is 11.7. The second kappa shape index (κ2) is 7.09. The first-order chi connectivity index (χ1) is 11.0. The van der Waals surface area contributed by atoms with Gasteiger partial charge >= 0.3 is 5.97 Å². The van der Waals surface area contributed by atoms with Crippen LogP contribution in [0.4, 0.5) is 0 Å². The van der Waals surface area contributed by atoms with E-state index >= 15 is 0 Å². The highest BCUT2D eigenvalue weighted by Gasteiger charge is 2.52. The third-order valence-corrected chi connectivity index (χ3v) is 3.96. The average Bonchev–Trinajstić information content (AvgIpc) is 2.98. The molecule has 138 valence electrons. The van der Waals surface area contributed by atoms with Crippen molar-refractivity contribution < 1.29 is 33.6 Å². The Morgan fingerprint density at radius 3 is 2.46 bits per heavy atom. The second-order valence-electron chi connectivity index (χ2n) is 7.03. The van der Waals surface area contributed by atoms with Crippen LogP contribution in [0.5, 0.6) is 0 Å². The Bertz CT molecular complexity index is 485. The lowest BCUT2D eigenvalue weighted by molar-refractivity contribution is -0.175. The van der Waals surface area contributed by atoms with Gasteiger partial charge in [0.05, 0.1) is 19.3 Å². The van der Waals surface area contributed by atoms with Gasteiger partial charge < -0.3 is 28.8 Å². The number of aliphatic hydroxyl groups is 1. The molecule has 0 aromatic heterocycles. The van der Waals surface area contributed by atoms with Crippen molar-refractivity contribution >= 4 is 5.97 Å². The molecule has 2 rings (SSSR count). The van der Waals surface area contributed by atoms with Crippen molar-refractivity contribution in [2.24, 2.45) is 0 Å². The highest BCUT2D eigenvalue weighted by molar-refractivity contribution is 5.87. The molecule has 0 saturated carbocycles. The summed E-state index contributed by atoms with van der Waals surface area (Å²) in [7, 11) is 0. The van der Waals surface area contributed by atoms with Crippen molar-refractivity contribution in [2.75, 3.05) is 13.2 Å². The number of ether oxygens (including phenoxy) is 5. The van der Waals surface area contributed by atoms with Crippen LogP contribution in [-0.4, -0.2) is 60.3 Å². The van der Waals surface area contributed by atoms with Crippen molar-refractivity contribution in [1.29, 1.82) is 0 Å². The fourth-order valence-corrected chi connectivity index (χ4v) is 2.96. The average molecular weight is 344 g/mol. The third kappa shape index (κ3) is 4.55. The van der Waals surface area contributed by atoms with E-state index in [9.17, 15) is 9.90 Å². The molecule has 0 aromatic rings. The minimum absolute atomic E-state index is 0.0381. The lowest BCUT2D eigenvalue weighted by atomic mass is 9.98. The van der Waals surface area contributed by atoms with Gasteiger partial charge in [0.25, 0.3) is 0 Å². The Hall–Kier alpha value is -0.990. The largest absolute Gasteiger partial charge is 0.463 e. The Morgan fingerprint density at radius 2 is 1.92 bits per heavy atom. The molecule has 7 heteroatoms. The van der Waals surface area contributed by atoms with E-state index in [-0.39, 0.29) is 24.7 Å². The number of carbonyl (C=O) groups excluding carboxylic acids is 1. The van der Waals surface area contributed by atoms with Crippen LogP contribution in [0.2, 0.25) is 0 Å². The maximum atomic E-state index is 11.7. The maximum absolute atomic E-state index is 11.7. The summed E-state index contributed by atoms with van der Waals surface area (Å²) in [6, 6.07) is 0. The van der Waals surface area contributed by atoms with Crippen molar-refractivity contribution in [3.63, 3.8) is 0 Å². The van der Waals surface area contributed by atoms with Gasteiger partial charge in [0.15, 0.2) is 11.6 Å². The molecule has 1 N–H and O–H groups in total. The molecule has 2 saturated heterocycles. The molecule has 0 amide bonds. The van der Waals surface area contributed by atoms with E-state index in [4.69, 9.17) is 23.7 Å². The molecule has 4 atom stereocenters. The Balaban J connectivity index is 2.05. The number of rotatable bonds is 6. The van der Waals surface area contributed by atoms with E-state index < -0.39 is 35.9 Å². The smallest absolute Gasteiger partial charge is 0.333 e.